The van der Waals surface area contributed by atoms with Crippen LogP contribution in [0.5, 0.6) is 0 Å². The molecule has 0 radical (unpaired) electrons. The number of amidine groups is 1. The van der Waals surface area contributed by atoms with Crippen LogP contribution in [0.1, 0.15) is 21.5 Å². The predicted molar refractivity (Wildman–Crippen MR) is 110 cm³/mol. The summed E-state index contributed by atoms with van der Waals surface area (Å²) in [6.07, 6.45) is 0. The average molecular weight is 401 g/mol. The topological polar surface area (TPSA) is 66.8 Å². The summed E-state index contributed by atoms with van der Waals surface area (Å²) in [5.41, 5.74) is 3.64. The van der Waals surface area contributed by atoms with Gasteiger partial charge in [-0.3, -0.25) is 4.79 Å². The second-order valence-electron chi connectivity index (χ2n) is 6.96. The quantitative estimate of drug-likeness (QED) is 0.774. The molecule has 0 aromatic heterocycles. The largest absolute Gasteiger partial charge is 0.315 e. The summed E-state index contributed by atoms with van der Waals surface area (Å²) < 4.78 is 24.4. The highest BCUT2D eigenvalue weighted by molar-refractivity contribution is 8.16. The summed E-state index contributed by atoms with van der Waals surface area (Å²) in [6.45, 7) is 4.04. The maximum Gasteiger partial charge on any atom is 0.279 e. The number of hydrogen-bond donors (Lipinski definition) is 0. The van der Waals surface area contributed by atoms with E-state index >= 15 is 0 Å². The van der Waals surface area contributed by atoms with Gasteiger partial charge in [0.1, 0.15) is 0 Å². The number of amides is 1. The molecular weight excluding hydrogens is 380 g/mol. The van der Waals surface area contributed by atoms with Gasteiger partial charge in [-0.25, -0.2) is 8.42 Å². The number of anilines is 1. The summed E-state index contributed by atoms with van der Waals surface area (Å²) in [4.78, 5) is 19.0. The fraction of sp³-hybridized carbons (Fsp3) is 0.300. The van der Waals surface area contributed by atoms with Gasteiger partial charge in [-0.1, -0.05) is 42.1 Å². The Bertz CT molecular complexity index is 1030. The van der Waals surface area contributed by atoms with Crippen molar-refractivity contribution in [1.82, 2.24) is 0 Å². The molecule has 27 heavy (non-hydrogen) atoms. The number of sulfone groups is 1. The van der Waals surface area contributed by atoms with Crippen molar-refractivity contribution < 1.29 is 13.2 Å². The van der Waals surface area contributed by atoms with Gasteiger partial charge in [0, 0.05) is 16.5 Å². The van der Waals surface area contributed by atoms with E-state index in [9.17, 15) is 13.2 Å². The van der Waals surface area contributed by atoms with Gasteiger partial charge >= 0.3 is 0 Å². The third-order valence-electron chi connectivity index (χ3n) is 5.12. The fourth-order valence-electron chi connectivity index (χ4n) is 3.57. The Morgan fingerprint density at radius 2 is 1.81 bits per heavy atom. The molecule has 2 atom stereocenters. The van der Waals surface area contributed by atoms with E-state index in [1.165, 1.54) is 11.8 Å². The van der Waals surface area contributed by atoms with Crippen molar-refractivity contribution in [2.24, 2.45) is 4.99 Å². The zero-order valence-corrected chi connectivity index (χ0v) is 16.8. The Morgan fingerprint density at radius 1 is 1.07 bits per heavy atom. The molecule has 2 heterocycles. The number of nitrogens with zero attached hydrogens (tertiary/aromatic N) is 2. The molecular formula is C20H20N2O3S2. The summed E-state index contributed by atoms with van der Waals surface area (Å²) >= 11 is 1.40. The van der Waals surface area contributed by atoms with Gasteiger partial charge in [0.2, 0.25) is 0 Å². The van der Waals surface area contributed by atoms with Crippen molar-refractivity contribution in [2.45, 2.75) is 25.1 Å². The SMILES string of the molecule is Cc1cccc(N2C(=NC(=O)c3ccccc3)S[C@@H]3CS(=O)(=O)C[C@@H]32)c1C. The van der Waals surface area contributed by atoms with Crippen LogP contribution in [0.2, 0.25) is 0 Å². The number of aryl methyl sites for hydroxylation is 1. The average Bonchev–Trinajstić information content (AvgIpc) is 3.09. The Balaban J connectivity index is 1.78. The second-order valence-corrected chi connectivity index (χ2v) is 10.3. The first-order chi connectivity index (χ1) is 12.9. The van der Waals surface area contributed by atoms with Crippen LogP contribution in [0.4, 0.5) is 5.69 Å². The monoisotopic (exact) mass is 400 g/mol. The van der Waals surface area contributed by atoms with Gasteiger partial charge in [-0.05, 0) is 43.2 Å². The molecule has 2 aromatic rings. The zero-order chi connectivity index (χ0) is 19.2. The third kappa shape index (κ3) is 3.41. The number of thioether (sulfide) groups is 1. The zero-order valence-electron chi connectivity index (χ0n) is 15.1. The molecule has 2 saturated heterocycles. The molecule has 0 N–H and O–H groups in total. The highest BCUT2D eigenvalue weighted by Crippen LogP contribution is 2.42. The molecule has 2 aliphatic rings. The van der Waals surface area contributed by atoms with Crippen LogP contribution in [0, 0.1) is 13.8 Å². The van der Waals surface area contributed by atoms with Crippen LogP contribution in [-0.2, 0) is 9.84 Å². The summed E-state index contributed by atoms with van der Waals surface area (Å²) in [5.74, 6) is -0.0880. The van der Waals surface area contributed by atoms with Crippen molar-refractivity contribution >= 4 is 38.4 Å². The molecule has 2 aliphatic heterocycles. The van der Waals surface area contributed by atoms with Crippen LogP contribution in [0.15, 0.2) is 53.5 Å². The van der Waals surface area contributed by atoms with Crippen molar-refractivity contribution in [2.75, 3.05) is 16.4 Å². The van der Waals surface area contributed by atoms with E-state index in [0.717, 1.165) is 16.8 Å². The fourth-order valence-corrected chi connectivity index (χ4v) is 7.48. The lowest BCUT2D eigenvalue weighted by Gasteiger charge is -2.26. The van der Waals surface area contributed by atoms with E-state index in [2.05, 4.69) is 4.99 Å². The van der Waals surface area contributed by atoms with E-state index in [0.29, 0.717) is 10.7 Å². The first-order valence-corrected chi connectivity index (χ1v) is 11.5. The molecule has 4 rings (SSSR count). The predicted octanol–water partition coefficient (Wildman–Crippen LogP) is 3.22. The van der Waals surface area contributed by atoms with Gasteiger partial charge in [0.05, 0.1) is 17.5 Å². The minimum atomic E-state index is -3.08. The first-order valence-electron chi connectivity index (χ1n) is 8.76. The molecule has 0 spiro atoms. The lowest BCUT2D eigenvalue weighted by atomic mass is 10.1. The third-order valence-corrected chi connectivity index (χ3v) is 8.33. The normalized spacial score (nSPS) is 25.0. The van der Waals surface area contributed by atoms with Crippen LogP contribution in [-0.4, -0.2) is 42.3 Å². The number of aliphatic imine (C=N–C) groups is 1. The number of fused-ring (bicyclic) bond motifs is 1. The highest BCUT2D eigenvalue weighted by atomic mass is 32.2. The summed E-state index contributed by atoms with van der Waals surface area (Å²) in [6, 6.07) is 14.7. The van der Waals surface area contributed by atoms with E-state index in [1.807, 2.05) is 43.0 Å². The molecule has 0 bridgehead atoms. The molecule has 7 heteroatoms. The summed E-state index contributed by atoms with van der Waals surface area (Å²) in [5, 5.41) is 0.486. The van der Waals surface area contributed by atoms with Crippen LogP contribution in [0.3, 0.4) is 0 Å². The molecule has 0 aliphatic carbocycles. The van der Waals surface area contributed by atoms with E-state index in [4.69, 9.17) is 0 Å². The van der Waals surface area contributed by atoms with Crippen LogP contribution < -0.4 is 4.90 Å². The lowest BCUT2D eigenvalue weighted by molar-refractivity contribution is 0.100. The molecule has 5 nitrogen and oxygen atoms in total. The maximum absolute atomic E-state index is 12.6. The van der Waals surface area contributed by atoms with E-state index in [1.54, 1.807) is 24.3 Å². The van der Waals surface area contributed by atoms with Crippen molar-refractivity contribution in [3.63, 3.8) is 0 Å². The second kappa shape index (κ2) is 6.80. The number of carbonyl (C=O) groups is 1. The molecule has 0 unspecified atom stereocenters. The van der Waals surface area contributed by atoms with Gasteiger partial charge in [0.25, 0.3) is 5.91 Å². The van der Waals surface area contributed by atoms with E-state index in [-0.39, 0.29) is 28.7 Å². The lowest BCUT2D eigenvalue weighted by Crippen LogP contribution is -2.38. The molecule has 2 fully saturated rings. The number of hydrogen-bond acceptors (Lipinski definition) is 4. The molecule has 1 amide bonds. The van der Waals surface area contributed by atoms with Gasteiger partial charge < -0.3 is 4.90 Å². The van der Waals surface area contributed by atoms with Crippen LogP contribution in [0.25, 0.3) is 0 Å². The number of carbonyl (C=O) groups excluding carboxylic acids is 1. The minimum absolute atomic E-state index is 0.0938. The van der Waals surface area contributed by atoms with Crippen LogP contribution >= 0.6 is 11.8 Å². The number of rotatable bonds is 2. The van der Waals surface area contributed by atoms with Gasteiger partial charge in [0.15, 0.2) is 15.0 Å². The van der Waals surface area contributed by atoms with Crippen molar-refractivity contribution in [1.29, 1.82) is 0 Å². The molecule has 2 aromatic carbocycles. The maximum atomic E-state index is 12.6. The Kier molecular flexibility index (Phi) is 4.60. The van der Waals surface area contributed by atoms with Crippen molar-refractivity contribution in [3.05, 3.63) is 65.2 Å². The Labute approximate surface area is 163 Å². The highest BCUT2D eigenvalue weighted by Gasteiger charge is 2.49. The van der Waals surface area contributed by atoms with Gasteiger partial charge in [-0.2, -0.15) is 4.99 Å². The minimum Gasteiger partial charge on any atom is -0.315 e. The van der Waals surface area contributed by atoms with Gasteiger partial charge in [-0.15, -0.1) is 0 Å². The summed E-state index contributed by atoms with van der Waals surface area (Å²) in [7, 11) is -3.08. The Hall–Kier alpha value is -2.12. The number of benzene rings is 2. The standard InChI is InChI=1S/C20H20N2O3S2/c1-13-7-6-10-16(14(13)2)22-17-11-27(24,25)12-18(17)26-20(22)21-19(23)15-8-4-3-5-9-15/h3-10,17-18H,11-12H2,1-2H3/t17-,18+/m0/s1. The van der Waals surface area contributed by atoms with Crippen molar-refractivity contribution in [3.8, 4) is 0 Å². The molecule has 140 valence electrons. The smallest absolute Gasteiger partial charge is 0.279 e. The van der Waals surface area contributed by atoms with E-state index < -0.39 is 9.84 Å². The first kappa shape index (κ1) is 18.3. The molecule has 0 saturated carbocycles. The Morgan fingerprint density at radius 3 is 2.56 bits per heavy atom.